The Balaban J connectivity index is 2.29. The molecule has 4 heteroatoms. The maximum atomic E-state index is 12.5. The Bertz CT molecular complexity index is 490. The van der Waals surface area contributed by atoms with Crippen molar-refractivity contribution in [3.8, 4) is 0 Å². The van der Waals surface area contributed by atoms with Gasteiger partial charge in [-0.1, -0.05) is 30.3 Å². The number of hydrogen-bond donors (Lipinski definition) is 0. The van der Waals surface area contributed by atoms with E-state index in [4.69, 9.17) is 4.74 Å². The summed E-state index contributed by atoms with van der Waals surface area (Å²) < 4.78 is 5.48. The van der Waals surface area contributed by atoms with Crippen LogP contribution in [0.4, 0.5) is 0 Å². The minimum atomic E-state index is -0.634. The zero-order valence-corrected chi connectivity index (χ0v) is 12.3. The number of amides is 1. The number of nitrogens with zero attached hydrogens (tertiary/aromatic N) is 1. The van der Waals surface area contributed by atoms with Crippen LogP contribution in [0.25, 0.3) is 0 Å². The predicted octanol–water partition coefficient (Wildman–Crippen LogP) is 2.69. The van der Waals surface area contributed by atoms with E-state index >= 15 is 0 Å². The lowest BCUT2D eigenvalue weighted by molar-refractivity contribution is -0.164. The summed E-state index contributed by atoms with van der Waals surface area (Å²) in [5.74, 6) is -0.344. The number of ether oxygens (including phenoxy) is 1. The van der Waals surface area contributed by atoms with E-state index in [1.165, 1.54) is 0 Å². The molecule has 0 saturated carbocycles. The van der Waals surface area contributed by atoms with Crippen molar-refractivity contribution in [1.82, 2.24) is 4.90 Å². The third-order valence-electron chi connectivity index (χ3n) is 3.17. The molecule has 1 unspecified atom stereocenters. The van der Waals surface area contributed by atoms with Crippen molar-refractivity contribution in [2.45, 2.75) is 45.3 Å². The van der Waals surface area contributed by atoms with Gasteiger partial charge in [0.1, 0.15) is 5.60 Å². The van der Waals surface area contributed by atoms with Gasteiger partial charge in [-0.25, -0.2) is 4.79 Å². The molecule has 0 bridgehead atoms. The van der Waals surface area contributed by atoms with Crippen molar-refractivity contribution < 1.29 is 14.3 Å². The van der Waals surface area contributed by atoms with Crippen LogP contribution in [-0.4, -0.2) is 28.9 Å². The van der Waals surface area contributed by atoms with E-state index in [1.54, 1.807) is 4.90 Å². The second kappa shape index (κ2) is 5.65. The van der Waals surface area contributed by atoms with Gasteiger partial charge in [-0.05, 0) is 32.8 Å². The summed E-state index contributed by atoms with van der Waals surface area (Å²) in [6.07, 6.45) is 1.30. The van der Waals surface area contributed by atoms with Crippen LogP contribution in [0.1, 0.15) is 45.2 Å². The highest BCUT2D eigenvalue weighted by Gasteiger charge is 2.36. The highest BCUT2D eigenvalue weighted by atomic mass is 16.6. The smallest absolute Gasteiger partial charge is 0.334 e. The van der Waals surface area contributed by atoms with Crippen LogP contribution in [0.3, 0.4) is 0 Å². The molecule has 0 radical (unpaired) electrons. The van der Waals surface area contributed by atoms with Crippen molar-refractivity contribution >= 4 is 11.9 Å². The van der Waals surface area contributed by atoms with Crippen LogP contribution in [-0.2, 0) is 14.3 Å². The minimum absolute atomic E-state index is 0.0183. The van der Waals surface area contributed by atoms with Gasteiger partial charge in [-0.3, -0.25) is 4.79 Å². The quantitative estimate of drug-likeness (QED) is 0.797. The van der Waals surface area contributed by atoms with E-state index in [1.807, 2.05) is 51.1 Å². The van der Waals surface area contributed by atoms with Gasteiger partial charge >= 0.3 is 5.97 Å². The monoisotopic (exact) mass is 275 g/mol. The topological polar surface area (TPSA) is 46.6 Å². The second-order valence-electron chi connectivity index (χ2n) is 6.04. The lowest BCUT2D eigenvalue weighted by Crippen LogP contribution is -2.38. The number of esters is 1. The highest BCUT2D eigenvalue weighted by molar-refractivity contribution is 5.86. The van der Waals surface area contributed by atoms with Crippen molar-refractivity contribution in [3.63, 3.8) is 0 Å². The first-order valence-electron chi connectivity index (χ1n) is 6.96. The molecule has 1 aliphatic rings. The molecular formula is C16H21NO3. The second-order valence-corrected chi connectivity index (χ2v) is 6.04. The molecule has 2 rings (SSSR count). The molecule has 0 aliphatic carbocycles. The van der Waals surface area contributed by atoms with Gasteiger partial charge in [0, 0.05) is 13.0 Å². The van der Waals surface area contributed by atoms with Crippen molar-refractivity contribution in [2.75, 3.05) is 6.54 Å². The summed E-state index contributed by atoms with van der Waals surface area (Å²) >= 11 is 0. The maximum Gasteiger partial charge on any atom is 0.334 e. The van der Waals surface area contributed by atoms with Crippen molar-refractivity contribution in [3.05, 3.63) is 35.9 Å². The average Bonchev–Trinajstić information content (AvgIpc) is 2.75. The van der Waals surface area contributed by atoms with E-state index < -0.39 is 11.6 Å². The number of carbonyl (C=O) groups excluding carboxylic acids is 2. The molecule has 1 heterocycles. The van der Waals surface area contributed by atoms with Crippen molar-refractivity contribution in [2.24, 2.45) is 0 Å². The summed E-state index contributed by atoms with van der Waals surface area (Å²) in [5.41, 5.74) is 0.240. The van der Waals surface area contributed by atoms with Crippen LogP contribution < -0.4 is 0 Å². The van der Waals surface area contributed by atoms with Gasteiger partial charge < -0.3 is 9.64 Å². The lowest BCUT2D eigenvalue weighted by Gasteiger charge is -2.30. The molecule has 0 aromatic heterocycles. The molecule has 1 aromatic carbocycles. The van der Waals surface area contributed by atoms with E-state index in [0.717, 1.165) is 12.0 Å². The van der Waals surface area contributed by atoms with E-state index in [0.29, 0.717) is 13.0 Å². The number of hydrogen-bond acceptors (Lipinski definition) is 3. The van der Waals surface area contributed by atoms with Gasteiger partial charge in [0.25, 0.3) is 0 Å². The van der Waals surface area contributed by atoms with Crippen LogP contribution in [0.15, 0.2) is 30.3 Å². The van der Waals surface area contributed by atoms with E-state index in [9.17, 15) is 9.59 Å². The van der Waals surface area contributed by atoms with Crippen LogP contribution in [0.2, 0.25) is 0 Å². The molecular weight excluding hydrogens is 254 g/mol. The minimum Gasteiger partial charge on any atom is -0.458 e. The van der Waals surface area contributed by atoms with E-state index in [2.05, 4.69) is 0 Å². The largest absolute Gasteiger partial charge is 0.458 e. The van der Waals surface area contributed by atoms with Crippen LogP contribution in [0.5, 0.6) is 0 Å². The number of likely N-dealkylation sites (tertiary alicyclic amines) is 1. The molecule has 1 amide bonds. The first-order chi connectivity index (χ1) is 9.38. The first-order valence-corrected chi connectivity index (χ1v) is 6.96. The Labute approximate surface area is 119 Å². The molecule has 1 fully saturated rings. The maximum absolute atomic E-state index is 12.5. The lowest BCUT2D eigenvalue weighted by atomic mass is 10.1. The molecule has 20 heavy (non-hydrogen) atoms. The number of benzene rings is 1. The van der Waals surface area contributed by atoms with Crippen LogP contribution >= 0.6 is 0 Å². The summed E-state index contributed by atoms with van der Waals surface area (Å²) in [5, 5.41) is 0. The Morgan fingerprint density at radius 3 is 2.40 bits per heavy atom. The molecule has 1 aliphatic heterocycles. The molecule has 1 saturated heterocycles. The average molecular weight is 275 g/mol. The summed E-state index contributed by atoms with van der Waals surface area (Å²) in [4.78, 5) is 26.1. The SMILES string of the molecule is CC(C)(C)OC(=O)C(c1ccccc1)N1CCCC1=O. The fraction of sp³-hybridized carbons (Fsp3) is 0.500. The van der Waals surface area contributed by atoms with Gasteiger partial charge in [0.15, 0.2) is 6.04 Å². The first kappa shape index (κ1) is 14.6. The molecule has 1 aromatic rings. The predicted molar refractivity (Wildman–Crippen MR) is 76.0 cm³/mol. The van der Waals surface area contributed by atoms with Crippen LogP contribution in [0, 0.1) is 0 Å². The molecule has 4 nitrogen and oxygen atoms in total. The molecule has 108 valence electrons. The highest BCUT2D eigenvalue weighted by Crippen LogP contribution is 2.28. The molecule has 0 N–H and O–H groups in total. The number of rotatable bonds is 3. The molecule has 1 atom stereocenters. The Morgan fingerprint density at radius 2 is 1.90 bits per heavy atom. The zero-order chi connectivity index (χ0) is 14.8. The van der Waals surface area contributed by atoms with Gasteiger partial charge in [-0.2, -0.15) is 0 Å². The Morgan fingerprint density at radius 1 is 1.25 bits per heavy atom. The Hall–Kier alpha value is -1.84. The van der Waals surface area contributed by atoms with Crippen molar-refractivity contribution in [1.29, 1.82) is 0 Å². The van der Waals surface area contributed by atoms with Gasteiger partial charge in [0.2, 0.25) is 5.91 Å². The Kier molecular flexibility index (Phi) is 4.12. The van der Waals surface area contributed by atoms with E-state index in [-0.39, 0.29) is 11.9 Å². The fourth-order valence-electron chi connectivity index (χ4n) is 2.38. The van der Waals surface area contributed by atoms with Gasteiger partial charge in [-0.15, -0.1) is 0 Å². The van der Waals surface area contributed by atoms with Gasteiger partial charge in [0.05, 0.1) is 0 Å². The number of carbonyl (C=O) groups is 2. The third kappa shape index (κ3) is 3.38. The third-order valence-corrected chi connectivity index (χ3v) is 3.17. The summed E-state index contributed by atoms with van der Waals surface area (Å²) in [7, 11) is 0. The zero-order valence-electron chi connectivity index (χ0n) is 12.3. The summed E-state index contributed by atoms with van der Waals surface area (Å²) in [6, 6.07) is 8.72. The standard InChI is InChI=1S/C16H21NO3/c1-16(2,3)20-15(19)14(12-8-5-4-6-9-12)17-11-7-10-13(17)18/h4-6,8-9,14H,7,10-11H2,1-3H3. The summed E-state index contributed by atoms with van der Waals surface area (Å²) in [6.45, 7) is 6.11. The molecule has 0 spiro atoms. The fourth-order valence-corrected chi connectivity index (χ4v) is 2.38. The normalized spacial score (nSPS) is 17.1.